The fourth-order valence-corrected chi connectivity index (χ4v) is 3.56. The van der Waals surface area contributed by atoms with Gasteiger partial charge in [0, 0.05) is 5.56 Å². The Hall–Kier alpha value is -2.50. The third-order valence-electron chi connectivity index (χ3n) is 3.35. The minimum absolute atomic E-state index is 0.159. The molecule has 0 aliphatic rings. The number of terminal acetylenes is 1. The van der Waals surface area contributed by atoms with Gasteiger partial charge in [-0.05, 0) is 67.8 Å². The zero-order valence-corrected chi connectivity index (χ0v) is 17.8. The Morgan fingerprint density at radius 3 is 2.44 bits per heavy atom. The van der Waals surface area contributed by atoms with Crippen molar-refractivity contribution >= 4 is 44.0 Å². The van der Waals surface area contributed by atoms with Crippen molar-refractivity contribution < 1.29 is 19.0 Å². The molecule has 1 amide bonds. The van der Waals surface area contributed by atoms with Crippen LogP contribution < -0.4 is 19.6 Å². The number of hydrazone groups is 1. The van der Waals surface area contributed by atoms with E-state index in [9.17, 15) is 4.79 Å². The van der Waals surface area contributed by atoms with Gasteiger partial charge in [0.05, 0.1) is 29.4 Å². The Kier molecular flexibility index (Phi) is 7.70. The molecule has 0 bridgehead atoms. The quantitative estimate of drug-likeness (QED) is 0.358. The van der Waals surface area contributed by atoms with Gasteiger partial charge in [0.2, 0.25) is 0 Å². The first-order valence-electron chi connectivity index (χ1n) is 7.61. The van der Waals surface area contributed by atoms with Crippen LogP contribution in [0.4, 0.5) is 0 Å². The smallest absolute Gasteiger partial charge is 0.271 e. The summed E-state index contributed by atoms with van der Waals surface area (Å²) in [6, 6.07) is 8.44. The summed E-state index contributed by atoms with van der Waals surface area (Å²) >= 11 is 6.83. The summed E-state index contributed by atoms with van der Waals surface area (Å²) in [6.07, 6.45) is 6.71. The second-order valence-corrected chi connectivity index (χ2v) is 6.78. The first-order valence-corrected chi connectivity index (χ1v) is 9.19. The maximum Gasteiger partial charge on any atom is 0.271 e. The van der Waals surface area contributed by atoms with Gasteiger partial charge in [-0.15, -0.1) is 6.42 Å². The van der Waals surface area contributed by atoms with E-state index in [-0.39, 0.29) is 12.5 Å². The topological polar surface area (TPSA) is 69.2 Å². The third kappa shape index (κ3) is 5.49. The lowest BCUT2D eigenvalue weighted by Crippen LogP contribution is -2.17. The molecule has 2 aromatic rings. The highest BCUT2D eigenvalue weighted by atomic mass is 79.9. The number of hydrogen-bond acceptors (Lipinski definition) is 5. The molecule has 0 aliphatic carbocycles. The first-order chi connectivity index (χ1) is 13.0. The zero-order chi connectivity index (χ0) is 19.8. The van der Waals surface area contributed by atoms with E-state index in [4.69, 9.17) is 20.6 Å². The average molecular weight is 496 g/mol. The van der Waals surface area contributed by atoms with Gasteiger partial charge in [0.25, 0.3) is 5.91 Å². The standard InChI is InChI=1S/C19H16Br2N2O4/c1-4-7-27-18-14(20)8-12(9-15(18)21)11-22-23-19(24)13-5-6-16(25-2)17(10-13)26-3/h1,5-6,8-11H,7H2,2-3H3,(H,23,24)/b22-11+. The fraction of sp³-hybridized carbons (Fsp3) is 0.158. The molecule has 8 heteroatoms. The Bertz CT molecular complexity index is 884. The number of halogens is 2. The van der Waals surface area contributed by atoms with Crippen molar-refractivity contribution in [2.24, 2.45) is 5.10 Å². The van der Waals surface area contributed by atoms with E-state index in [0.717, 1.165) is 5.56 Å². The molecule has 0 saturated carbocycles. The molecule has 0 radical (unpaired) electrons. The third-order valence-corrected chi connectivity index (χ3v) is 4.52. The van der Waals surface area contributed by atoms with Crippen LogP contribution in [0.2, 0.25) is 0 Å². The minimum atomic E-state index is -0.376. The molecule has 1 N–H and O–H groups in total. The van der Waals surface area contributed by atoms with Crippen LogP contribution in [0.3, 0.4) is 0 Å². The summed E-state index contributed by atoms with van der Waals surface area (Å²) in [7, 11) is 3.03. The molecule has 2 aromatic carbocycles. The number of amides is 1. The zero-order valence-electron chi connectivity index (χ0n) is 14.6. The Morgan fingerprint density at radius 2 is 1.85 bits per heavy atom. The summed E-state index contributed by atoms with van der Waals surface area (Å²) < 4.78 is 17.2. The number of benzene rings is 2. The van der Waals surface area contributed by atoms with E-state index in [1.165, 1.54) is 20.4 Å². The second-order valence-electron chi connectivity index (χ2n) is 5.08. The van der Waals surface area contributed by atoms with Crippen LogP contribution in [0.5, 0.6) is 17.2 Å². The predicted octanol–water partition coefficient (Wildman–Crippen LogP) is 4.00. The molecular weight excluding hydrogens is 480 g/mol. The summed E-state index contributed by atoms with van der Waals surface area (Å²) in [6.45, 7) is 0.159. The lowest BCUT2D eigenvalue weighted by molar-refractivity contribution is 0.0954. The summed E-state index contributed by atoms with van der Waals surface area (Å²) in [4.78, 5) is 12.2. The monoisotopic (exact) mass is 494 g/mol. The van der Waals surface area contributed by atoms with Gasteiger partial charge in [-0.2, -0.15) is 5.10 Å². The molecule has 0 saturated heterocycles. The van der Waals surface area contributed by atoms with Gasteiger partial charge in [0.1, 0.15) is 12.4 Å². The molecule has 0 atom stereocenters. The van der Waals surface area contributed by atoms with Gasteiger partial charge in [-0.3, -0.25) is 4.79 Å². The average Bonchev–Trinajstić information content (AvgIpc) is 2.66. The highest BCUT2D eigenvalue weighted by Crippen LogP contribution is 2.34. The molecule has 140 valence electrons. The van der Waals surface area contributed by atoms with E-state index in [1.807, 2.05) is 0 Å². The van der Waals surface area contributed by atoms with Crippen molar-refractivity contribution in [3.8, 4) is 29.6 Å². The summed E-state index contributed by atoms with van der Waals surface area (Å²) in [5.74, 6) is 3.63. The number of hydrogen-bond donors (Lipinski definition) is 1. The number of methoxy groups -OCH3 is 2. The van der Waals surface area contributed by atoms with Gasteiger partial charge < -0.3 is 14.2 Å². The second kappa shape index (κ2) is 10.00. The SMILES string of the molecule is C#CCOc1c(Br)cc(/C=N/NC(=O)c2ccc(OC)c(OC)c2)cc1Br. The maximum atomic E-state index is 12.2. The maximum absolute atomic E-state index is 12.2. The molecule has 0 unspecified atom stereocenters. The first kappa shape index (κ1) is 20.8. The van der Waals surface area contributed by atoms with Crippen molar-refractivity contribution in [3.63, 3.8) is 0 Å². The van der Waals surface area contributed by atoms with Crippen molar-refractivity contribution in [2.45, 2.75) is 0 Å². The van der Waals surface area contributed by atoms with Crippen LogP contribution in [0, 0.1) is 12.3 Å². The van der Waals surface area contributed by atoms with Crippen LogP contribution in [0.1, 0.15) is 15.9 Å². The molecule has 6 nitrogen and oxygen atoms in total. The van der Waals surface area contributed by atoms with E-state index < -0.39 is 0 Å². The van der Waals surface area contributed by atoms with Crippen LogP contribution in [-0.4, -0.2) is 32.9 Å². The molecule has 0 fully saturated rings. The van der Waals surface area contributed by atoms with E-state index >= 15 is 0 Å². The highest BCUT2D eigenvalue weighted by Gasteiger charge is 2.11. The Balaban J connectivity index is 2.09. The van der Waals surface area contributed by atoms with Crippen molar-refractivity contribution in [3.05, 3.63) is 50.4 Å². The Labute approximate surface area is 174 Å². The number of nitrogens with zero attached hydrogens (tertiary/aromatic N) is 1. The lowest BCUT2D eigenvalue weighted by Gasteiger charge is -2.09. The number of ether oxygens (including phenoxy) is 3. The largest absolute Gasteiger partial charge is 0.493 e. The number of carbonyl (C=O) groups is 1. The minimum Gasteiger partial charge on any atom is -0.493 e. The van der Waals surface area contributed by atoms with Crippen LogP contribution in [0.25, 0.3) is 0 Å². The number of carbonyl (C=O) groups excluding carboxylic acids is 1. The Morgan fingerprint density at radius 1 is 1.19 bits per heavy atom. The van der Waals surface area contributed by atoms with Crippen LogP contribution >= 0.6 is 31.9 Å². The van der Waals surface area contributed by atoms with Crippen molar-refractivity contribution in [1.82, 2.24) is 5.43 Å². The predicted molar refractivity (Wildman–Crippen MR) is 111 cm³/mol. The van der Waals surface area contributed by atoms with Gasteiger partial charge in [-0.1, -0.05) is 5.92 Å². The summed E-state index contributed by atoms with van der Waals surface area (Å²) in [5, 5.41) is 3.98. The number of rotatable bonds is 7. The fourth-order valence-electron chi connectivity index (χ4n) is 2.11. The van der Waals surface area contributed by atoms with Gasteiger partial charge in [-0.25, -0.2) is 5.43 Å². The van der Waals surface area contributed by atoms with E-state index in [0.29, 0.717) is 31.8 Å². The molecular formula is C19H16Br2N2O4. The normalized spacial score (nSPS) is 10.3. The van der Waals surface area contributed by atoms with Crippen LogP contribution in [-0.2, 0) is 0 Å². The molecule has 0 heterocycles. The molecule has 27 heavy (non-hydrogen) atoms. The lowest BCUT2D eigenvalue weighted by atomic mass is 10.2. The molecule has 0 aromatic heterocycles. The van der Waals surface area contributed by atoms with Gasteiger partial charge >= 0.3 is 0 Å². The van der Waals surface area contributed by atoms with E-state index in [2.05, 4.69) is 48.3 Å². The molecule has 0 spiro atoms. The highest BCUT2D eigenvalue weighted by molar-refractivity contribution is 9.11. The molecule has 2 rings (SSSR count). The van der Waals surface area contributed by atoms with E-state index in [1.54, 1.807) is 30.3 Å². The van der Waals surface area contributed by atoms with Crippen molar-refractivity contribution in [2.75, 3.05) is 20.8 Å². The summed E-state index contributed by atoms with van der Waals surface area (Å²) in [5.41, 5.74) is 3.61. The van der Waals surface area contributed by atoms with Crippen LogP contribution in [0.15, 0.2) is 44.4 Å². The molecule has 0 aliphatic heterocycles. The van der Waals surface area contributed by atoms with Gasteiger partial charge in [0.15, 0.2) is 11.5 Å². The van der Waals surface area contributed by atoms with Crippen molar-refractivity contribution in [1.29, 1.82) is 0 Å². The number of nitrogens with one attached hydrogen (secondary N) is 1.